The molecular formula is C18H18ClN5O2. The first-order chi connectivity index (χ1) is 12.5. The number of nitrogens with one attached hydrogen (secondary N) is 1. The summed E-state index contributed by atoms with van der Waals surface area (Å²) in [6, 6.07) is 5.30. The molecule has 0 aliphatic heterocycles. The summed E-state index contributed by atoms with van der Waals surface area (Å²) in [5.74, 6) is 0.806. The van der Waals surface area contributed by atoms with E-state index in [1.54, 1.807) is 29.4 Å². The Bertz CT molecular complexity index is 879. The van der Waals surface area contributed by atoms with Crippen LogP contribution in [0.1, 0.15) is 29.8 Å². The van der Waals surface area contributed by atoms with E-state index < -0.39 is 0 Å². The zero-order chi connectivity index (χ0) is 18.5. The number of hydrogen-bond acceptors (Lipinski definition) is 5. The van der Waals surface area contributed by atoms with Crippen LogP contribution in [0.3, 0.4) is 0 Å². The summed E-state index contributed by atoms with van der Waals surface area (Å²) in [6.07, 6.45) is 8.28. The van der Waals surface area contributed by atoms with Gasteiger partial charge in [0.1, 0.15) is 17.2 Å². The third-order valence-corrected chi connectivity index (χ3v) is 3.72. The van der Waals surface area contributed by atoms with E-state index >= 15 is 0 Å². The third kappa shape index (κ3) is 4.37. The van der Waals surface area contributed by atoms with Crippen LogP contribution in [0.2, 0.25) is 5.02 Å². The van der Waals surface area contributed by atoms with Gasteiger partial charge in [-0.05, 0) is 31.5 Å². The Kier molecular flexibility index (Phi) is 5.48. The molecule has 0 bridgehead atoms. The molecule has 1 amide bonds. The van der Waals surface area contributed by atoms with Gasteiger partial charge in [0.15, 0.2) is 0 Å². The summed E-state index contributed by atoms with van der Waals surface area (Å²) in [5, 5.41) is 3.12. The van der Waals surface area contributed by atoms with Crippen LogP contribution in [0.5, 0.6) is 5.88 Å². The Balaban J connectivity index is 1.61. The fourth-order valence-corrected chi connectivity index (χ4v) is 2.42. The fourth-order valence-electron chi connectivity index (χ4n) is 2.21. The van der Waals surface area contributed by atoms with Gasteiger partial charge in [0, 0.05) is 31.3 Å². The van der Waals surface area contributed by atoms with Crippen molar-refractivity contribution in [2.45, 2.75) is 26.5 Å². The van der Waals surface area contributed by atoms with E-state index in [0.29, 0.717) is 23.0 Å². The lowest BCUT2D eigenvalue weighted by Crippen LogP contribution is -2.23. The highest BCUT2D eigenvalue weighted by molar-refractivity contribution is 6.32. The van der Waals surface area contributed by atoms with Gasteiger partial charge in [0.25, 0.3) is 5.91 Å². The highest BCUT2D eigenvalue weighted by Crippen LogP contribution is 2.23. The molecule has 0 unspecified atom stereocenters. The van der Waals surface area contributed by atoms with Crippen LogP contribution in [-0.2, 0) is 6.54 Å². The number of ether oxygens (including phenoxy) is 1. The van der Waals surface area contributed by atoms with Crippen LogP contribution in [0, 0.1) is 0 Å². The van der Waals surface area contributed by atoms with Crippen LogP contribution in [0.15, 0.2) is 49.3 Å². The minimum atomic E-state index is -0.269. The largest absolute Gasteiger partial charge is 0.474 e. The SMILES string of the molecule is CC(C)Oc1ncc(C(=O)NCc2ccc(-n3ccnc3)nc2)cc1Cl. The minimum absolute atomic E-state index is 0.0440. The van der Waals surface area contributed by atoms with Crippen molar-refractivity contribution in [3.05, 3.63) is 65.5 Å². The van der Waals surface area contributed by atoms with Crippen molar-refractivity contribution in [3.63, 3.8) is 0 Å². The van der Waals surface area contributed by atoms with E-state index in [1.807, 2.05) is 32.2 Å². The van der Waals surface area contributed by atoms with Gasteiger partial charge in [0.2, 0.25) is 5.88 Å². The highest BCUT2D eigenvalue weighted by atomic mass is 35.5. The number of pyridine rings is 2. The number of nitrogens with zero attached hydrogens (tertiary/aromatic N) is 4. The second-order valence-corrected chi connectivity index (χ2v) is 6.26. The topological polar surface area (TPSA) is 81.9 Å². The third-order valence-electron chi connectivity index (χ3n) is 3.45. The Hall–Kier alpha value is -2.93. The van der Waals surface area contributed by atoms with Crippen molar-refractivity contribution in [1.29, 1.82) is 0 Å². The maximum atomic E-state index is 12.3. The first-order valence-electron chi connectivity index (χ1n) is 8.06. The van der Waals surface area contributed by atoms with E-state index in [4.69, 9.17) is 16.3 Å². The number of hydrogen-bond donors (Lipinski definition) is 1. The zero-order valence-electron chi connectivity index (χ0n) is 14.4. The van der Waals surface area contributed by atoms with Crippen LogP contribution >= 0.6 is 11.6 Å². The number of amides is 1. The number of halogens is 1. The molecule has 0 fully saturated rings. The molecule has 1 N–H and O–H groups in total. The molecule has 0 atom stereocenters. The lowest BCUT2D eigenvalue weighted by Gasteiger charge is -2.11. The predicted octanol–water partition coefficient (Wildman–Crippen LogP) is 3.03. The van der Waals surface area contributed by atoms with Gasteiger partial charge in [-0.15, -0.1) is 0 Å². The van der Waals surface area contributed by atoms with E-state index in [1.165, 1.54) is 6.20 Å². The molecule has 3 aromatic heterocycles. The van der Waals surface area contributed by atoms with Crippen LogP contribution < -0.4 is 10.1 Å². The molecule has 0 aliphatic carbocycles. The number of imidazole rings is 1. The lowest BCUT2D eigenvalue weighted by atomic mass is 10.2. The predicted molar refractivity (Wildman–Crippen MR) is 97.5 cm³/mol. The smallest absolute Gasteiger partial charge is 0.253 e. The molecule has 3 heterocycles. The van der Waals surface area contributed by atoms with Gasteiger partial charge in [-0.3, -0.25) is 9.36 Å². The summed E-state index contributed by atoms with van der Waals surface area (Å²) in [6.45, 7) is 4.10. The van der Waals surface area contributed by atoms with Gasteiger partial charge in [-0.25, -0.2) is 15.0 Å². The summed E-state index contributed by atoms with van der Waals surface area (Å²) in [4.78, 5) is 24.7. The van der Waals surface area contributed by atoms with Crippen molar-refractivity contribution in [1.82, 2.24) is 24.8 Å². The van der Waals surface area contributed by atoms with Crippen molar-refractivity contribution >= 4 is 17.5 Å². The highest BCUT2D eigenvalue weighted by Gasteiger charge is 2.12. The number of carbonyl (C=O) groups excluding carboxylic acids is 1. The van der Waals surface area contributed by atoms with Gasteiger partial charge >= 0.3 is 0 Å². The lowest BCUT2D eigenvalue weighted by molar-refractivity contribution is 0.0950. The molecule has 3 aromatic rings. The second kappa shape index (κ2) is 7.97. The van der Waals surface area contributed by atoms with Crippen LogP contribution in [-0.4, -0.2) is 31.5 Å². The van der Waals surface area contributed by atoms with Crippen molar-refractivity contribution in [2.24, 2.45) is 0 Å². The van der Waals surface area contributed by atoms with Crippen molar-refractivity contribution < 1.29 is 9.53 Å². The molecule has 0 radical (unpaired) electrons. The molecule has 0 aromatic carbocycles. The molecule has 7 nitrogen and oxygen atoms in total. The molecule has 0 spiro atoms. The second-order valence-electron chi connectivity index (χ2n) is 5.85. The Morgan fingerprint density at radius 1 is 1.31 bits per heavy atom. The molecule has 8 heteroatoms. The average molecular weight is 372 g/mol. The Morgan fingerprint density at radius 2 is 2.15 bits per heavy atom. The fraction of sp³-hybridized carbons (Fsp3) is 0.222. The van der Waals surface area contributed by atoms with Crippen LogP contribution in [0.25, 0.3) is 5.82 Å². The van der Waals surface area contributed by atoms with Crippen molar-refractivity contribution in [2.75, 3.05) is 0 Å². The first kappa shape index (κ1) is 17.9. The minimum Gasteiger partial charge on any atom is -0.474 e. The monoisotopic (exact) mass is 371 g/mol. The number of carbonyl (C=O) groups is 1. The normalized spacial score (nSPS) is 10.8. The first-order valence-corrected chi connectivity index (χ1v) is 8.44. The molecule has 26 heavy (non-hydrogen) atoms. The Morgan fingerprint density at radius 3 is 2.77 bits per heavy atom. The van der Waals surface area contributed by atoms with E-state index in [0.717, 1.165) is 11.4 Å². The quantitative estimate of drug-likeness (QED) is 0.720. The Labute approximate surface area is 156 Å². The molecule has 0 saturated heterocycles. The maximum Gasteiger partial charge on any atom is 0.253 e. The molecule has 0 saturated carbocycles. The molecular weight excluding hydrogens is 354 g/mol. The molecule has 0 aliphatic rings. The van der Waals surface area contributed by atoms with E-state index in [9.17, 15) is 4.79 Å². The van der Waals surface area contributed by atoms with E-state index in [-0.39, 0.29) is 12.0 Å². The summed E-state index contributed by atoms with van der Waals surface area (Å²) >= 11 is 6.12. The van der Waals surface area contributed by atoms with Gasteiger partial charge < -0.3 is 10.1 Å². The van der Waals surface area contributed by atoms with Gasteiger partial charge in [-0.1, -0.05) is 17.7 Å². The summed E-state index contributed by atoms with van der Waals surface area (Å²) < 4.78 is 7.26. The molecule has 3 rings (SSSR count). The zero-order valence-corrected chi connectivity index (χ0v) is 15.1. The van der Waals surface area contributed by atoms with Gasteiger partial charge in [0.05, 0.1) is 11.7 Å². The van der Waals surface area contributed by atoms with Crippen molar-refractivity contribution in [3.8, 4) is 11.7 Å². The number of rotatable bonds is 6. The van der Waals surface area contributed by atoms with E-state index in [2.05, 4.69) is 20.3 Å². The maximum absolute atomic E-state index is 12.3. The molecule has 134 valence electrons. The van der Waals surface area contributed by atoms with Crippen LogP contribution in [0.4, 0.5) is 0 Å². The summed E-state index contributed by atoms with van der Waals surface area (Å²) in [5.41, 5.74) is 1.25. The number of aromatic nitrogens is 4. The van der Waals surface area contributed by atoms with Gasteiger partial charge in [-0.2, -0.15) is 0 Å². The standard InChI is InChI=1S/C18H18ClN5O2/c1-12(2)26-18-15(19)7-14(10-23-18)17(25)22-9-13-3-4-16(21-8-13)24-6-5-20-11-24/h3-8,10-12H,9H2,1-2H3,(H,22,25). The average Bonchev–Trinajstić information content (AvgIpc) is 3.16. The summed E-state index contributed by atoms with van der Waals surface area (Å²) in [7, 11) is 0.